The molecule has 22 heavy (non-hydrogen) atoms. The maximum Gasteiger partial charge on any atom is 0.190 e. The van der Waals surface area contributed by atoms with Gasteiger partial charge in [-0.05, 0) is 32.1 Å². The van der Waals surface area contributed by atoms with Crippen LogP contribution < -0.4 is 0 Å². The Morgan fingerprint density at radius 2 is 1.73 bits per heavy atom. The van der Waals surface area contributed by atoms with Crippen LogP contribution in [0.3, 0.4) is 0 Å². The maximum absolute atomic E-state index is 12.3. The average Bonchev–Trinajstić information content (AvgIpc) is 3.03. The fraction of sp³-hybridized carbons (Fsp3) is 0.312. The third-order valence-electron chi connectivity index (χ3n) is 3.99. The van der Waals surface area contributed by atoms with E-state index in [1.165, 1.54) is 0 Å². The Labute approximate surface area is 126 Å². The Hall–Kier alpha value is -2.47. The molecule has 0 spiro atoms. The molecular formula is C16H14O6. The number of ketones is 3. The smallest absolute Gasteiger partial charge is 0.190 e. The van der Waals surface area contributed by atoms with Crippen molar-refractivity contribution in [2.45, 2.75) is 32.0 Å². The molecular weight excluding hydrogens is 288 g/mol. The third-order valence-corrected chi connectivity index (χ3v) is 3.99. The second-order valence-electron chi connectivity index (χ2n) is 5.94. The number of fused-ring (bicyclic) bond motifs is 1. The zero-order valence-electron chi connectivity index (χ0n) is 12.0. The normalized spacial score (nSPS) is 21.6. The van der Waals surface area contributed by atoms with Crippen LogP contribution in [0.4, 0.5) is 0 Å². The zero-order chi connectivity index (χ0) is 16.2. The lowest BCUT2D eigenvalue weighted by Crippen LogP contribution is -2.15. The van der Waals surface area contributed by atoms with E-state index in [1.807, 2.05) is 13.8 Å². The molecule has 1 aliphatic carbocycles. The van der Waals surface area contributed by atoms with Crippen LogP contribution in [0.25, 0.3) is 0 Å². The van der Waals surface area contributed by atoms with Gasteiger partial charge in [0.25, 0.3) is 0 Å². The van der Waals surface area contributed by atoms with E-state index in [2.05, 4.69) is 0 Å². The van der Waals surface area contributed by atoms with E-state index in [1.54, 1.807) is 0 Å². The summed E-state index contributed by atoms with van der Waals surface area (Å²) in [5.74, 6) is -2.73. The number of carbonyl (C=O) groups is 3. The Morgan fingerprint density at radius 1 is 1.18 bits per heavy atom. The van der Waals surface area contributed by atoms with Gasteiger partial charge in [-0.15, -0.1) is 0 Å². The van der Waals surface area contributed by atoms with E-state index >= 15 is 0 Å². The zero-order valence-corrected chi connectivity index (χ0v) is 12.0. The summed E-state index contributed by atoms with van der Waals surface area (Å²) >= 11 is 0. The van der Waals surface area contributed by atoms with Gasteiger partial charge >= 0.3 is 0 Å². The van der Waals surface area contributed by atoms with Crippen LogP contribution in [0.1, 0.15) is 51.3 Å². The highest BCUT2D eigenvalue weighted by atomic mass is 16.6. The summed E-state index contributed by atoms with van der Waals surface area (Å²) in [4.78, 5) is 35.9. The van der Waals surface area contributed by atoms with Gasteiger partial charge in [-0.2, -0.15) is 0 Å². The number of hydrogen-bond donors (Lipinski definition) is 2. The Morgan fingerprint density at radius 3 is 2.27 bits per heavy atom. The van der Waals surface area contributed by atoms with Crippen molar-refractivity contribution in [2.24, 2.45) is 0 Å². The number of rotatable bonds is 3. The lowest BCUT2D eigenvalue weighted by atomic mass is 9.89. The van der Waals surface area contributed by atoms with Crippen LogP contribution in [0.5, 0.6) is 11.5 Å². The van der Waals surface area contributed by atoms with Crippen LogP contribution in [0.2, 0.25) is 0 Å². The molecule has 6 nitrogen and oxygen atoms in total. The summed E-state index contributed by atoms with van der Waals surface area (Å²) in [6.45, 7) is 3.67. The molecule has 1 heterocycles. The lowest BCUT2D eigenvalue weighted by Gasteiger charge is -2.15. The number of Topliss-reactive ketones (excluding diaryl/α,β-unsaturated/α-hetero) is 1. The van der Waals surface area contributed by atoms with Gasteiger partial charge in [0.1, 0.15) is 11.5 Å². The molecule has 1 aromatic rings. The van der Waals surface area contributed by atoms with E-state index in [9.17, 15) is 24.6 Å². The number of allylic oxidation sites excluding steroid dienone is 2. The largest absolute Gasteiger partial charge is 0.507 e. The van der Waals surface area contributed by atoms with Crippen molar-refractivity contribution >= 4 is 17.3 Å². The van der Waals surface area contributed by atoms with Crippen LogP contribution in [-0.4, -0.2) is 39.3 Å². The third kappa shape index (κ3) is 2.12. The number of carbonyl (C=O) groups excluding carboxylic acids is 3. The van der Waals surface area contributed by atoms with Crippen molar-refractivity contribution in [1.82, 2.24) is 0 Å². The van der Waals surface area contributed by atoms with Crippen molar-refractivity contribution in [3.05, 3.63) is 34.9 Å². The van der Waals surface area contributed by atoms with Crippen LogP contribution in [0.15, 0.2) is 18.2 Å². The Bertz CT molecular complexity index is 756. The molecule has 1 aromatic carbocycles. The SMILES string of the molecule is CC1(C)OC1CC(=O)c1cc(O)c2c(c1O)C(=O)C=CC2=O. The van der Waals surface area contributed by atoms with Gasteiger partial charge in [-0.1, -0.05) is 0 Å². The molecule has 0 radical (unpaired) electrons. The van der Waals surface area contributed by atoms with E-state index in [-0.39, 0.29) is 29.2 Å². The van der Waals surface area contributed by atoms with Crippen molar-refractivity contribution < 1.29 is 29.3 Å². The fourth-order valence-electron chi connectivity index (χ4n) is 2.58. The fourth-order valence-corrected chi connectivity index (χ4v) is 2.58. The molecule has 1 aliphatic heterocycles. The van der Waals surface area contributed by atoms with E-state index in [0.29, 0.717) is 0 Å². The Kier molecular flexibility index (Phi) is 2.97. The number of ether oxygens (including phenoxy) is 1. The number of epoxide rings is 1. The van der Waals surface area contributed by atoms with E-state index < -0.39 is 34.4 Å². The quantitative estimate of drug-likeness (QED) is 0.501. The first kappa shape index (κ1) is 14.5. The average molecular weight is 302 g/mol. The highest BCUT2D eigenvalue weighted by Gasteiger charge is 2.49. The second kappa shape index (κ2) is 4.51. The minimum Gasteiger partial charge on any atom is -0.507 e. The monoisotopic (exact) mass is 302 g/mol. The number of hydrogen-bond acceptors (Lipinski definition) is 6. The topological polar surface area (TPSA) is 104 Å². The first-order chi connectivity index (χ1) is 10.2. The number of phenols is 2. The Balaban J connectivity index is 2.03. The van der Waals surface area contributed by atoms with E-state index in [4.69, 9.17) is 4.74 Å². The van der Waals surface area contributed by atoms with Gasteiger partial charge in [0.2, 0.25) is 0 Å². The van der Waals surface area contributed by atoms with Gasteiger partial charge in [0.15, 0.2) is 17.3 Å². The second-order valence-corrected chi connectivity index (χ2v) is 5.94. The summed E-state index contributed by atoms with van der Waals surface area (Å²) in [5.41, 5.74) is -1.17. The molecule has 1 saturated heterocycles. The predicted molar refractivity (Wildman–Crippen MR) is 75.5 cm³/mol. The molecule has 2 N–H and O–H groups in total. The summed E-state index contributed by atoms with van der Waals surface area (Å²) in [6.07, 6.45) is 1.78. The predicted octanol–water partition coefficient (Wildman–Crippen LogP) is 1.78. The highest BCUT2D eigenvalue weighted by Crippen LogP contribution is 2.41. The van der Waals surface area contributed by atoms with Gasteiger partial charge in [-0.3, -0.25) is 14.4 Å². The molecule has 114 valence electrons. The molecule has 3 rings (SSSR count). The summed E-state index contributed by atoms with van der Waals surface area (Å²) < 4.78 is 5.32. The van der Waals surface area contributed by atoms with Crippen molar-refractivity contribution in [3.63, 3.8) is 0 Å². The summed E-state index contributed by atoms with van der Waals surface area (Å²) in [5, 5.41) is 20.2. The van der Waals surface area contributed by atoms with Gasteiger partial charge < -0.3 is 14.9 Å². The van der Waals surface area contributed by atoms with Crippen LogP contribution >= 0.6 is 0 Å². The highest BCUT2D eigenvalue weighted by molar-refractivity contribution is 6.25. The molecule has 1 atom stereocenters. The van der Waals surface area contributed by atoms with Gasteiger partial charge in [-0.25, -0.2) is 0 Å². The lowest BCUT2D eigenvalue weighted by molar-refractivity contribution is 0.0964. The van der Waals surface area contributed by atoms with E-state index in [0.717, 1.165) is 18.2 Å². The number of aromatic hydroxyl groups is 2. The number of benzene rings is 1. The molecule has 0 bridgehead atoms. The molecule has 6 heteroatoms. The van der Waals surface area contributed by atoms with Crippen LogP contribution in [-0.2, 0) is 4.74 Å². The van der Waals surface area contributed by atoms with Gasteiger partial charge in [0.05, 0.1) is 28.4 Å². The maximum atomic E-state index is 12.3. The first-order valence-electron chi connectivity index (χ1n) is 6.79. The summed E-state index contributed by atoms with van der Waals surface area (Å²) in [7, 11) is 0. The molecule has 2 aliphatic rings. The minimum atomic E-state index is -0.625. The molecule has 0 aromatic heterocycles. The molecule has 0 saturated carbocycles. The number of phenolic OH excluding ortho intramolecular Hbond substituents is 2. The van der Waals surface area contributed by atoms with Crippen molar-refractivity contribution in [2.75, 3.05) is 0 Å². The standard InChI is InChI=1S/C16H14O6/c1-16(2)12(22-16)6-10(19)7-5-11(20)13-8(17)3-4-9(18)14(13)15(7)21/h3-5,12,20-21H,6H2,1-2H3. The molecule has 0 amide bonds. The molecule has 1 fully saturated rings. The summed E-state index contributed by atoms with van der Waals surface area (Å²) in [6, 6.07) is 1.02. The van der Waals surface area contributed by atoms with Gasteiger partial charge in [0, 0.05) is 6.42 Å². The van der Waals surface area contributed by atoms with Crippen molar-refractivity contribution in [3.8, 4) is 11.5 Å². The molecule has 1 unspecified atom stereocenters. The van der Waals surface area contributed by atoms with Crippen LogP contribution in [0, 0.1) is 0 Å². The van der Waals surface area contributed by atoms with Crippen molar-refractivity contribution in [1.29, 1.82) is 0 Å². The first-order valence-corrected chi connectivity index (χ1v) is 6.79. The minimum absolute atomic E-state index is 0.0246.